The fourth-order valence-corrected chi connectivity index (χ4v) is 5.74. The van der Waals surface area contributed by atoms with E-state index in [2.05, 4.69) is 0 Å². The second-order valence-electron chi connectivity index (χ2n) is 8.25. The average molecular weight is 386 g/mol. The van der Waals surface area contributed by atoms with Gasteiger partial charge in [-0.05, 0) is 33.0 Å². The van der Waals surface area contributed by atoms with Crippen molar-refractivity contribution in [3.05, 3.63) is 117 Å². The third-order valence-electron chi connectivity index (χ3n) is 6.94. The molecule has 3 heteroatoms. The summed E-state index contributed by atoms with van der Waals surface area (Å²) < 4.78 is 0. The third-order valence-corrected chi connectivity index (χ3v) is 6.94. The Morgan fingerprint density at radius 3 is 1.47 bits per heavy atom. The number of Topliss-reactive ketones (excluding diaryl/α,β-unsaturated/α-hetero) is 1. The van der Waals surface area contributed by atoms with E-state index < -0.39 is 11.8 Å². The summed E-state index contributed by atoms with van der Waals surface area (Å²) in [6.07, 6.45) is 0. The lowest BCUT2D eigenvalue weighted by atomic mass is 9.61. The van der Waals surface area contributed by atoms with Gasteiger partial charge in [-0.25, -0.2) is 0 Å². The number of benzene rings is 4. The van der Waals surface area contributed by atoms with Crippen LogP contribution in [0.1, 0.15) is 65.9 Å². The summed E-state index contributed by atoms with van der Waals surface area (Å²) in [5.41, 5.74) is 5.47. The second-order valence-corrected chi connectivity index (χ2v) is 8.25. The predicted octanol–water partition coefficient (Wildman–Crippen LogP) is 4.78. The van der Waals surface area contributed by atoms with Crippen LogP contribution in [0.4, 0.5) is 0 Å². The van der Waals surface area contributed by atoms with Crippen LogP contribution < -0.4 is 0 Å². The molecule has 0 aliphatic heterocycles. The third kappa shape index (κ3) is 1.67. The van der Waals surface area contributed by atoms with Crippen LogP contribution in [0.25, 0.3) is 10.8 Å². The van der Waals surface area contributed by atoms with Crippen molar-refractivity contribution in [2.45, 2.75) is 11.8 Å². The Morgan fingerprint density at radius 2 is 0.967 bits per heavy atom. The van der Waals surface area contributed by atoms with Crippen molar-refractivity contribution in [2.75, 3.05) is 0 Å². The molecule has 0 saturated carbocycles. The first-order valence-corrected chi connectivity index (χ1v) is 10.1. The van der Waals surface area contributed by atoms with E-state index in [1.807, 2.05) is 72.8 Å². The first-order valence-electron chi connectivity index (χ1n) is 10.1. The van der Waals surface area contributed by atoms with Gasteiger partial charge in [0.1, 0.15) is 0 Å². The van der Waals surface area contributed by atoms with Crippen LogP contribution in [0.2, 0.25) is 0 Å². The zero-order chi connectivity index (χ0) is 20.1. The van der Waals surface area contributed by atoms with Crippen molar-refractivity contribution >= 4 is 28.1 Å². The number of hydrogen-bond donors (Lipinski definition) is 0. The highest BCUT2D eigenvalue weighted by molar-refractivity contribution is 6.25. The SMILES string of the molecule is O=C1c2ccccc2C2C(=O)C3c4ccccc4C(=O)c4ccc5ccc1c2c5c43. The Balaban J connectivity index is 1.71. The summed E-state index contributed by atoms with van der Waals surface area (Å²) in [6, 6.07) is 22.4. The van der Waals surface area contributed by atoms with E-state index in [0.717, 1.165) is 33.0 Å². The molecule has 2 atom stereocenters. The molecule has 3 aliphatic rings. The van der Waals surface area contributed by atoms with E-state index in [4.69, 9.17) is 0 Å². The van der Waals surface area contributed by atoms with Gasteiger partial charge in [-0.15, -0.1) is 0 Å². The lowest BCUT2D eigenvalue weighted by Crippen LogP contribution is -2.36. The lowest BCUT2D eigenvalue weighted by Gasteiger charge is -2.39. The summed E-state index contributed by atoms with van der Waals surface area (Å²) in [6.45, 7) is 0. The van der Waals surface area contributed by atoms with Crippen LogP contribution in [-0.2, 0) is 4.79 Å². The first kappa shape index (κ1) is 16.0. The van der Waals surface area contributed by atoms with Gasteiger partial charge in [0.2, 0.25) is 0 Å². The minimum atomic E-state index is -0.494. The second kappa shape index (κ2) is 5.19. The molecule has 2 unspecified atom stereocenters. The summed E-state index contributed by atoms with van der Waals surface area (Å²) in [5.74, 6) is -1.04. The molecule has 3 nitrogen and oxygen atoms in total. The lowest BCUT2D eigenvalue weighted by molar-refractivity contribution is -0.120. The van der Waals surface area contributed by atoms with Gasteiger partial charge in [0, 0.05) is 22.3 Å². The predicted molar refractivity (Wildman–Crippen MR) is 112 cm³/mol. The molecule has 4 aromatic carbocycles. The number of carbonyl (C=O) groups is 3. The van der Waals surface area contributed by atoms with Crippen LogP contribution >= 0.6 is 0 Å². The maximum absolute atomic E-state index is 14.1. The molecule has 0 spiro atoms. The Hall–Kier alpha value is -3.85. The van der Waals surface area contributed by atoms with E-state index >= 15 is 0 Å². The van der Waals surface area contributed by atoms with Gasteiger partial charge in [-0.2, -0.15) is 0 Å². The van der Waals surface area contributed by atoms with Crippen molar-refractivity contribution < 1.29 is 14.4 Å². The van der Waals surface area contributed by atoms with Gasteiger partial charge < -0.3 is 0 Å². The number of ketones is 3. The van der Waals surface area contributed by atoms with Crippen molar-refractivity contribution in [1.29, 1.82) is 0 Å². The van der Waals surface area contributed by atoms with Crippen LogP contribution in [-0.4, -0.2) is 17.3 Å². The zero-order valence-corrected chi connectivity index (χ0v) is 15.8. The minimum absolute atomic E-state index is 0.0450. The Kier molecular flexibility index (Phi) is 2.77. The van der Waals surface area contributed by atoms with Gasteiger partial charge in [-0.3, -0.25) is 14.4 Å². The molecule has 0 fully saturated rings. The molecule has 0 bridgehead atoms. The Labute approximate surface area is 172 Å². The molecule has 30 heavy (non-hydrogen) atoms. The molecule has 0 aromatic heterocycles. The van der Waals surface area contributed by atoms with E-state index in [-0.39, 0.29) is 17.3 Å². The van der Waals surface area contributed by atoms with Crippen LogP contribution in [0.15, 0.2) is 72.8 Å². The van der Waals surface area contributed by atoms with Gasteiger partial charge in [-0.1, -0.05) is 72.8 Å². The zero-order valence-electron chi connectivity index (χ0n) is 15.8. The molecule has 0 heterocycles. The van der Waals surface area contributed by atoms with Crippen LogP contribution in [0, 0.1) is 0 Å². The molecular weight excluding hydrogens is 372 g/mol. The maximum Gasteiger partial charge on any atom is 0.193 e. The molecule has 0 amide bonds. The number of fused-ring (bicyclic) bond motifs is 4. The van der Waals surface area contributed by atoms with Gasteiger partial charge in [0.25, 0.3) is 0 Å². The number of carbonyl (C=O) groups excluding carboxylic acids is 3. The summed E-state index contributed by atoms with van der Waals surface area (Å²) >= 11 is 0. The van der Waals surface area contributed by atoms with Gasteiger partial charge in [0.15, 0.2) is 17.3 Å². The molecule has 0 radical (unpaired) electrons. The fourth-order valence-electron chi connectivity index (χ4n) is 5.74. The molecular formula is C27H14O3. The van der Waals surface area contributed by atoms with Crippen LogP contribution in [0.3, 0.4) is 0 Å². The summed E-state index contributed by atoms with van der Waals surface area (Å²) in [4.78, 5) is 40.6. The molecule has 0 N–H and O–H groups in total. The smallest absolute Gasteiger partial charge is 0.193 e. The van der Waals surface area contributed by atoms with E-state index in [0.29, 0.717) is 22.3 Å². The standard InChI is InChI=1S/C27H14O3/c28-25-16-7-3-1-5-14(16)23-21-18(25)11-9-13-10-12-19-22(20(13)21)24(27(23)30)15-6-2-4-8-17(15)26(19)29/h1-12,23-24H. The minimum Gasteiger partial charge on any atom is -0.298 e. The first-order chi connectivity index (χ1) is 14.7. The molecule has 0 saturated heterocycles. The monoisotopic (exact) mass is 386 g/mol. The van der Waals surface area contributed by atoms with Gasteiger partial charge >= 0.3 is 0 Å². The molecule has 3 aliphatic carbocycles. The highest BCUT2D eigenvalue weighted by Gasteiger charge is 2.47. The number of rotatable bonds is 0. The van der Waals surface area contributed by atoms with E-state index in [1.54, 1.807) is 0 Å². The average Bonchev–Trinajstić information content (AvgIpc) is 2.78. The topological polar surface area (TPSA) is 51.2 Å². The maximum atomic E-state index is 14.1. The van der Waals surface area contributed by atoms with Crippen molar-refractivity contribution in [2.24, 2.45) is 0 Å². The molecule has 140 valence electrons. The fraction of sp³-hybridized carbons (Fsp3) is 0.0741. The molecule has 4 aromatic rings. The summed E-state index contributed by atoms with van der Waals surface area (Å²) in [5, 5.41) is 1.87. The van der Waals surface area contributed by atoms with Gasteiger partial charge in [0.05, 0.1) is 11.8 Å². The van der Waals surface area contributed by atoms with Crippen LogP contribution in [0.5, 0.6) is 0 Å². The summed E-state index contributed by atoms with van der Waals surface area (Å²) in [7, 11) is 0. The van der Waals surface area contributed by atoms with Crippen molar-refractivity contribution in [3.8, 4) is 0 Å². The Bertz CT molecular complexity index is 1400. The highest BCUT2D eigenvalue weighted by Crippen LogP contribution is 2.53. The quantitative estimate of drug-likeness (QED) is 0.437. The van der Waals surface area contributed by atoms with Crippen molar-refractivity contribution in [3.63, 3.8) is 0 Å². The molecule has 7 rings (SSSR count). The highest BCUT2D eigenvalue weighted by atomic mass is 16.1. The normalized spacial score (nSPS) is 20.2. The van der Waals surface area contributed by atoms with E-state index in [9.17, 15) is 14.4 Å². The number of hydrogen-bond acceptors (Lipinski definition) is 3. The Morgan fingerprint density at radius 1 is 0.500 bits per heavy atom. The largest absolute Gasteiger partial charge is 0.298 e. The van der Waals surface area contributed by atoms with E-state index in [1.165, 1.54) is 0 Å². The van der Waals surface area contributed by atoms with Crippen molar-refractivity contribution in [1.82, 2.24) is 0 Å².